The van der Waals surface area contributed by atoms with Crippen LogP contribution in [0.25, 0.3) is 5.65 Å². The number of hydrogen-bond donors (Lipinski definition) is 0. The van der Waals surface area contributed by atoms with Crippen LogP contribution in [0.3, 0.4) is 0 Å². The zero-order chi connectivity index (χ0) is 20.9. The number of anilines is 1. The second-order valence-corrected chi connectivity index (χ2v) is 8.52. The number of nitrogens with zero attached hydrogens (tertiary/aromatic N) is 5. The van der Waals surface area contributed by atoms with Gasteiger partial charge in [0.05, 0.1) is 5.69 Å². The summed E-state index contributed by atoms with van der Waals surface area (Å²) in [7, 11) is 0. The van der Waals surface area contributed by atoms with Crippen LogP contribution in [0.1, 0.15) is 58.1 Å². The summed E-state index contributed by atoms with van der Waals surface area (Å²) in [5.74, 6) is 0.512. The Morgan fingerprint density at radius 2 is 1.97 bits per heavy atom. The van der Waals surface area contributed by atoms with E-state index in [-0.39, 0.29) is 17.2 Å². The lowest BCUT2D eigenvalue weighted by Crippen LogP contribution is -2.41. The molecule has 0 radical (unpaired) electrons. The van der Waals surface area contributed by atoms with E-state index in [1.807, 2.05) is 58.9 Å². The molecule has 3 heterocycles. The van der Waals surface area contributed by atoms with Crippen LogP contribution in [0.2, 0.25) is 0 Å². The number of benzene rings is 1. The second-order valence-electron chi connectivity index (χ2n) is 8.52. The monoisotopic (exact) mass is 395 g/mol. The smallest absolute Gasteiger partial charge is 0.415 e. The first-order valence-corrected chi connectivity index (χ1v) is 9.73. The van der Waals surface area contributed by atoms with Gasteiger partial charge in [0.2, 0.25) is 5.65 Å². The van der Waals surface area contributed by atoms with Crippen molar-refractivity contribution in [2.75, 3.05) is 4.90 Å². The first-order valence-electron chi connectivity index (χ1n) is 9.73. The lowest BCUT2D eigenvalue weighted by Gasteiger charge is -2.30. The molecule has 0 N–H and O–H groups in total. The number of imidazole rings is 1. The highest BCUT2D eigenvalue weighted by atomic mass is 16.6. The van der Waals surface area contributed by atoms with Gasteiger partial charge in [0, 0.05) is 24.9 Å². The Labute approximate surface area is 168 Å². The molecule has 8 heteroatoms. The van der Waals surface area contributed by atoms with Crippen molar-refractivity contribution in [3.63, 3.8) is 0 Å². The molecular formula is C21H25N5O3. The Balaban J connectivity index is 1.90. The van der Waals surface area contributed by atoms with Gasteiger partial charge in [-0.2, -0.15) is 5.10 Å². The fraction of sp³-hybridized carbons (Fsp3) is 0.429. The summed E-state index contributed by atoms with van der Waals surface area (Å²) in [6, 6.07) is 7.12. The van der Waals surface area contributed by atoms with Gasteiger partial charge in [-0.1, -0.05) is 18.2 Å². The number of rotatable bonds is 2. The minimum Gasteiger partial charge on any atom is -0.443 e. The molecule has 1 aliphatic rings. The standard InChI is InChI=1S/C21H25N5O3/c1-13(2)25-17(23-24-11-10-22-18(24)19(25)27)16-12-14-8-6-7-9-15(14)26(16)20(28)29-21(3,4)5/h6-11,13,16H,12H2,1-5H3. The summed E-state index contributed by atoms with van der Waals surface area (Å²) >= 11 is 0. The van der Waals surface area contributed by atoms with Crippen LogP contribution < -0.4 is 10.5 Å². The van der Waals surface area contributed by atoms with Gasteiger partial charge in [-0.15, -0.1) is 0 Å². The van der Waals surface area contributed by atoms with Crippen LogP contribution in [0, 0.1) is 0 Å². The highest BCUT2D eigenvalue weighted by molar-refractivity contribution is 5.91. The fourth-order valence-corrected chi connectivity index (χ4v) is 3.76. The highest BCUT2D eigenvalue weighted by Crippen LogP contribution is 2.40. The molecule has 1 aliphatic heterocycles. The van der Waals surface area contributed by atoms with Crippen molar-refractivity contribution in [2.24, 2.45) is 0 Å². The van der Waals surface area contributed by atoms with Crippen LogP contribution >= 0.6 is 0 Å². The van der Waals surface area contributed by atoms with E-state index in [0.717, 1.165) is 11.3 Å². The molecule has 29 heavy (non-hydrogen) atoms. The lowest BCUT2D eigenvalue weighted by atomic mass is 10.1. The Morgan fingerprint density at radius 3 is 2.66 bits per heavy atom. The summed E-state index contributed by atoms with van der Waals surface area (Å²) < 4.78 is 8.79. The third-order valence-electron chi connectivity index (χ3n) is 4.87. The van der Waals surface area contributed by atoms with Crippen LogP contribution in [0.4, 0.5) is 10.5 Å². The van der Waals surface area contributed by atoms with Crippen molar-refractivity contribution in [2.45, 2.75) is 58.7 Å². The number of amides is 1. The van der Waals surface area contributed by atoms with Crippen LogP contribution in [0.15, 0.2) is 41.5 Å². The number of para-hydroxylation sites is 1. The van der Waals surface area contributed by atoms with Crippen molar-refractivity contribution >= 4 is 17.4 Å². The molecular weight excluding hydrogens is 370 g/mol. The van der Waals surface area contributed by atoms with E-state index in [4.69, 9.17) is 4.74 Å². The molecule has 0 bridgehead atoms. The maximum atomic E-state index is 13.2. The minimum absolute atomic E-state index is 0.143. The zero-order valence-electron chi connectivity index (χ0n) is 17.3. The molecule has 4 rings (SSSR count). The first-order chi connectivity index (χ1) is 13.7. The number of aromatic nitrogens is 4. The molecule has 1 atom stereocenters. The summed E-state index contributed by atoms with van der Waals surface area (Å²) in [6.07, 6.45) is 3.29. The zero-order valence-corrected chi connectivity index (χ0v) is 17.3. The molecule has 0 saturated carbocycles. The van der Waals surface area contributed by atoms with Gasteiger partial charge in [0.1, 0.15) is 11.6 Å². The molecule has 1 aromatic carbocycles. The predicted octanol–water partition coefficient (Wildman–Crippen LogP) is 3.51. The fourth-order valence-electron chi connectivity index (χ4n) is 3.76. The Morgan fingerprint density at radius 1 is 1.24 bits per heavy atom. The van der Waals surface area contributed by atoms with Crippen molar-refractivity contribution in [3.8, 4) is 0 Å². The predicted molar refractivity (Wildman–Crippen MR) is 109 cm³/mol. The van der Waals surface area contributed by atoms with Gasteiger partial charge in [-0.25, -0.2) is 14.3 Å². The van der Waals surface area contributed by atoms with Crippen molar-refractivity contribution in [1.29, 1.82) is 0 Å². The summed E-state index contributed by atoms with van der Waals surface area (Å²) in [4.78, 5) is 32.0. The lowest BCUT2D eigenvalue weighted by molar-refractivity contribution is 0.0566. The van der Waals surface area contributed by atoms with Gasteiger partial charge >= 0.3 is 6.09 Å². The third-order valence-corrected chi connectivity index (χ3v) is 4.87. The highest BCUT2D eigenvalue weighted by Gasteiger charge is 2.40. The van der Waals surface area contributed by atoms with Gasteiger partial charge in [-0.3, -0.25) is 14.3 Å². The average Bonchev–Trinajstić information content (AvgIpc) is 3.24. The molecule has 2 aromatic heterocycles. The van der Waals surface area contributed by atoms with E-state index >= 15 is 0 Å². The van der Waals surface area contributed by atoms with E-state index in [0.29, 0.717) is 12.2 Å². The Bertz CT molecular complexity index is 1140. The van der Waals surface area contributed by atoms with Gasteiger partial charge in [0.15, 0.2) is 5.82 Å². The molecule has 0 aliphatic carbocycles. The molecule has 1 unspecified atom stereocenters. The Hall–Kier alpha value is -3.16. The largest absolute Gasteiger partial charge is 0.443 e. The first kappa shape index (κ1) is 19.2. The van der Waals surface area contributed by atoms with E-state index in [9.17, 15) is 9.59 Å². The molecule has 0 spiro atoms. The average molecular weight is 395 g/mol. The van der Waals surface area contributed by atoms with E-state index in [1.54, 1.807) is 21.9 Å². The summed E-state index contributed by atoms with van der Waals surface area (Å²) in [5, 5.41) is 4.68. The minimum atomic E-state index is -0.640. The summed E-state index contributed by atoms with van der Waals surface area (Å²) in [5.41, 5.74) is 1.19. The van der Waals surface area contributed by atoms with E-state index in [1.165, 1.54) is 4.52 Å². The van der Waals surface area contributed by atoms with Gasteiger partial charge in [-0.05, 0) is 46.2 Å². The number of ether oxygens (including phenoxy) is 1. The van der Waals surface area contributed by atoms with Gasteiger partial charge in [0.25, 0.3) is 5.56 Å². The van der Waals surface area contributed by atoms with Crippen LogP contribution in [-0.2, 0) is 11.2 Å². The topological polar surface area (TPSA) is 81.7 Å². The van der Waals surface area contributed by atoms with Crippen molar-refractivity contribution in [1.82, 2.24) is 19.2 Å². The van der Waals surface area contributed by atoms with E-state index in [2.05, 4.69) is 10.1 Å². The maximum absolute atomic E-state index is 13.2. The molecule has 3 aromatic rings. The van der Waals surface area contributed by atoms with Gasteiger partial charge < -0.3 is 4.74 Å². The quantitative estimate of drug-likeness (QED) is 0.663. The van der Waals surface area contributed by atoms with Crippen LogP contribution in [0.5, 0.6) is 0 Å². The van der Waals surface area contributed by atoms with Crippen LogP contribution in [-0.4, -0.2) is 30.9 Å². The van der Waals surface area contributed by atoms with Crippen molar-refractivity contribution < 1.29 is 9.53 Å². The molecule has 152 valence electrons. The number of hydrogen-bond acceptors (Lipinski definition) is 5. The normalized spacial score (nSPS) is 16.5. The molecule has 8 nitrogen and oxygen atoms in total. The van der Waals surface area contributed by atoms with Crippen molar-refractivity contribution in [3.05, 3.63) is 58.4 Å². The third kappa shape index (κ3) is 3.28. The summed E-state index contributed by atoms with van der Waals surface area (Å²) in [6.45, 7) is 9.35. The SMILES string of the molecule is CC(C)n1c(C2Cc3ccccc3N2C(=O)OC(C)(C)C)nn2ccnc2c1=O. The molecule has 0 saturated heterocycles. The maximum Gasteiger partial charge on any atom is 0.415 e. The molecule has 0 fully saturated rings. The number of carbonyl (C=O) groups is 1. The second kappa shape index (κ2) is 6.72. The Kier molecular flexibility index (Phi) is 4.44. The number of fused-ring (bicyclic) bond motifs is 2. The van der Waals surface area contributed by atoms with E-state index < -0.39 is 17.7 Å². The molecule has 1 amide bonds. The number of carbonyl (C=O) groups excluding carboxylic acids is 1.